The van der Waals surface area contributed by atoms with Crippen molar-refractivity contribution < 1.29 is 28.6 Å². The van der Waals surface area contributed by atoms with E-state index < -0.39 is 23.7 Å². The molecule has 0 aromatic heterocycles. The molecule has 31 heavy (non-hydrogen) atoms. The molecule has 1 aliphatic rings. The van der Waals surface area contributed by atoms with Gasteiger partial charge in [0.2, 0.25) is 0 Å². The van der Waals surface area contributed by atoms with Gasteiger partial charge < -0.3 is 24.4 Å². The van der Waals surface area contributed by atoms with Crippen LogP contribution in [0.1, 0.15) is 52.0 Å². The molecular weight excluding hydrogens is 400 g/mol. The van der Waals surface area contributed by atoms with E-state index in [0.717, 1.165) is 24.8 Å². The number of piperidine rings is 1. The number of alkyl carbamates (subject to hydrolysis) is 1. The lowest BCUT2D eigenvalue weighted by atomic mass is 9.90. The zero-order chi connectivity index (χ0) is 22.9. The molecule has 1 N–H and O–H groups in total. The van der Waals surface area contributed by atoms with E-state index in [1.54, 1.807) is 25.7 Å². The molecule has 2 rings (SSSR count). The quantitative estimate of drug-likeness (QED) is 0.517. The second-order valence-electron chi connectivity index (χ2n) is 8.77. The van der Waals surface area contributed by atoms with Crippen molar-refractivity contribution in [2.45, 2.75) is 64.7 Å². The average Bonchev–Trinajstić information content (AvgIpc) is 2.74. The SMILES string of the molecule is COC(=O)[C@@H](CCC1CCN(C(=O)OCc2ccccc2)CC1)NC(=O)OC(C)(C)C. The van der Waals surface area contributed by atoms with Crippen LogP contribution in [0.2, 0.25) is 0 Å². The molecule has 1 saturated heterocycles. The Morgan fingerprint density at radius 3 is 2.35 bits per heavy atom. The summed E-state index contributed by atoms with van der Waals surface area (Å²) in [4.78, 5) is 38.1. The van der Waals surface area contributed by atoms with Crippen LogP contribution in [0.15, 0.2) is 30.3 Å². The number of hydrogen-bond donors (Lipinski definition) is 1. The molecule has 1 atom stereocenters. The molecule has 1 fully saturated rings. The molecule has 1 aromatic carbocycles. The van der Waals surface area contributed by atoms with Gasteiger partial charge in [0.25, 0.3) is 0 Å². The number of esters is 1. The first-order valence-corrected chi connectivity index (χ1v) is 10.7. The zero-order valence-electron chi connectivity index (χ0n) is 18.9. The van der Waals surface area contributed by atoms with Crippen LogP contribution >= 0.6 is 0 Å². The van der Waals surface area contributed by atoms with E-state index in [2.05, 4.69) is 5.32 Å². The number of nitrogens with one attached hydrogen (secondary N) is 1. The summed E-state index contributed by atoms with van der Waals surface area (Å²) < 4.78 is 15.4. The van der Waals surface area contributed by atoms with Crippen LogP contribution in [0.4, 0.5) is 9.59 Å². The van der Waals surface area contributed by atoms with E-state index in [4.69, 9.17) is 14.2 Å². The second kappa shape index (κ2) is 11.6. The molecule has 0 aliphatic carbocycles. The summed E-state index contributed by atoms with van der Waals surface area (Å²) in [5.41, 5.74) is 0.309. The number of methoxy groups -OCH3 is 1. The number of amides is 2. The highest BCUT2D eigenvalue weighted by molar-refractivity contribution is 5.81. The standard InChI is InChI=1S/C23H34N2O6/c1-23(2,3)31-21(27)24-19(20(26)29-4)11-10-17-12-14-25(15-13-17)22(28)30-16-18-8-6-5-7-9-18/h5-9,17,19H,10-16H2,1-4H3,(H,24,27)/t19-/m1/s1. The first-order chi connectivity index (χ1) is 14.7. The fourth-order valence-corrected chi connectivity index (χ4v) is 3.46. The second-order valence-corrected chi connectivity index (χ2v) is 8.77. The molecule has 2 amide bonds. The Balaban J connectivity index is 1.75. The Morgan fingerprint density at radius 1 is 1.13 bits per heavy atom. The van der Waals surface area contributed by atoms with Gasteiger partial charge in [-0.1, -0.05) is 30.3 Å². The first kappa shape index (κ1) is 24.5. The van der Waals surface area contributed by atoms with Crippen molar-refractivity contribution >= 4 is 18.2 Å². The maximum atomic E-state index is 12.3. The summed E-state index contributed by atoms with van der Waals surface area (Å²) in [6.07, 6.45) is 1.89. The molecule has 1 aromatic rings. The van der Waals surface area contributed by atoms with Gasteiger partial charge >= 0.3 is 18.2 Å². The van der Waals surface area contributed by atoms with Crippen molar-refractivity contribution in [1.82, 2.24) is 10.2 Å². The Hall–Kier alpha value is -2.77. The van der Waals surface area contributed by atoms with Gasteiger partial charge in [-0.2, -0.15) is 0 Å². The Bertz CT molecular complexity index is 723. The predicted octanol–water partition coefficient (Wildman–Crippen LogP) is 3.88. The van der Waals surface area contributed by atoms with Crippen LogP contribution in [-0.2, 0) is 25.6 Å². The number of nitrogens with zero attached hydrogens (tertiary/aromatic N) is 1. The largest absolute Gasteiger partial charge is 0.467 e. The van der Waals surface area contributed by atoms with Gasteiger partial charge in [0, 0.05) is 13.1 Å². The van der Waals surface area contributed by atoms with E-state index in [9.17, 15) is 14.4 Å². The molecule has 1 aliphatic heterocycles. The van der Waals surface area contributed by atoms with E-state index in [1.807, 2.05) is 30.3 Å². The summed E-state index contributed by atoms with van der Waals surface area (Å²) in [6.45, 7) is 6.77. The first-order valence-electron chi connectivity index (χ1n) is 10.7. The summed E-state index contributed by atoms with van der Waals surface area (Å²) in [7, 11) is 1.30. The number of carbonyl (C=O) groups is 3. The number of rotatable bonds is 7. The van der Waals surface area contributed by atoms with Gasteiger partial charge in [0.05, 0.1) is 7.11 Å². The highest BCUT2D eigenvalue weighted by Crippen LogP contribution is 2.23. The average molecular weight is 435 g/mol. The molecule has 0 saturated carbocycles. The third-order valence-corrected chi connectivity index (χ3v) is 5.12. The lowest BCUT2D eigenvalue weighted by Crippen LogP contribution is -2.44. The monoisotopic (exact) mass is 434 g/mol. The molecule has 0 radical (unpaired) electrons. The fourth-order valence-electron chi connectivity index (χ4n) is 3.46. The summed E-state index contributed by atoms with van der Waals surface area (Å²) in [5, 5.41) is 2.60. The highest BCUT2D eigenvalue weighted by atomic mass is 16.6. The van der Waals surface area contributed by atoms with Gasteiger partial charge in [-0.25, -0.2) is 14.4 Å². The lowest BCUT2D eigenvalue weighted by Gasteiger charge is -2.32. The molecule has 1 heterocycles. The molecule has 0 unspecified atom stereocenters. The van der Waals surface area contributed by atoms with Gasteiger partial charge in [-0.05, 0) is 57.9 Å². The molecule has 0 bridgehead atoms. The Morgan fingerprint density at radius 2 is 1.77 bits per heavy atom. The molecule has 8 nitrogen and oxygen atoms in total. The van der Waals surface area contributed by atoms with Crippen LogP contribution in [-0.4, -0.2) is 54.9 Å². The fraction of sp³-hybridized carbons (Fsp3) is 0.609. The minimum absolute atomic E-state index is 0.261. The summed E-state index contributed by atoms with van der Waals surface area (Å²) in [5.74, 6) is -0.140. The van der Waals surface area contributed by atoms with E-state index in [0.29, 0.717) is 25.4 Å². The number of hydrogen-bond acceptors (Lipinski definition) is 6. The van der Waals surface area contributed by atoms with Crippen LogP contribution in [0.3, 0.4) is 0 Å². The Kier molecular flexibility index (Phi) is 9.15. The summed E-state index contributed by atoms with van der Waals surface area (Å²) >= 11 is 0. The van der Waals surface area contributed by atoms with Gasteiger partial charge in [0.15, 0.2) is 0 Å². The Labute approximate surface area is 184 Å². The maximum absolute atomic E-state index is 12.3. The molecule has 8 heteroatoms. The van der Waals surface area contributed by atoms with Crippen molar-refractivity contribution in [2.24, 2.45) is 5.92 Å². The van der Waals surface area contributed by atoms with E-state index in [-0.39, 0.29) is 12.7 Å². The van der Waals surface area contributed by atoms with Gasteiger partial charge in [-0.3, -0.25) is 0 Å². The number of carbonyl (C=O) groups excluding carboxylic acids is 3. The lowest BCUT2D eigenvalue weighted by molar-refractivity contribution is -0.143. The van der Waals surface area contributed by atoms with Gasteiger partial charge in [-0.15, -0.1) is 0 Å². The number of benzene rings is 1. The van der Waals surface area contributed by atoms with Crippen molar-refractivity contribution in [2.75, 3.05) is 20.2 Å². The van der Waals surface area contributed by atoms with Crippen molar-refractivity contribution in [3.63, 3.8) is 0 Å². The van der Waals surface area contributed by atoms with E-state index >= 15 is 0 Å². The van der Waals surface area contributed by atoms with Gasteiger partial charge in [0.1, 0.15) is 18.2 Å². The van der Waals surface area contributed by atoms with Crippen LogP contribution in [0, 0.1) is 5.92 Å². The number of likely N-dealkylation sites (tertiary alicyclic amines) is 1. The predicted molar refractivity (Wildman–Crippen MR) is 115 cm³/mol. The molecule has 172 valence electrons. The highest BCUT2D eigenvalue weighted by Gasteiger charge is 2.28. The topological polar surface area (TPSA) is 94.2 Å². The third-order valence-electron chi connectivity index (χ3n) is 5.12. The zero-order valence-corrected chi connectivity index (χ0v) is 18.9. The minimum atomic E-state index is -0.756. The normalized spacial score (nSPS) is 15.7. The van der Waals surface area contributed by atoms with Crippen LogP contribution in [0.25, 0.3) is 0 Å². The minimum Gasteiger partial charge on any atom is -0.467 e. The maximum Gasteiger partial charge on any atom is 0.410 e. The van der Waals surface area contributed by atoms with Crippen molar-refractivity contribution in [3.05, 3.63) is 35.9 Å². The van der Waals surface area contributed by atoms with Crippen molar-refractivity contribution in [1.29, 1.82) is 0 Å². The van der Waals surface area contributed by atoms with E-state index in [1.165, 1.54) is 7.11 Å². The smallest absolute Gasteiger partial charge is 0.410 e. The number of ether oxygens (including phenoxy) is 3. The van der Waals surface area contributed by atoms with Crippen LogP contribution < -0.4 is 5.32 Å². The third kappa shape index (κ3) is 8.86. The molecule has 0 spiro atoms. The molecular formula is C23H34N2O6. The van der Waals surface area contributed by atoms with Crippen LogP contribution in [0.5, 0.6) is 0 Å². The summed E-state index contributed by atoms with van der Waals surface area (Å²) in [6, 6.07) is 8.82. The van der Waals surface area contributed by atoms with Crippen molar-refractivity contribution in [3.8, 4) is 0 Å².